The molecule has 1 fully saturated rings. The molecule has 0 saturated carbocycles. The largest absolute Gasteiger partial charge is 0.338 e. The molecule has 0 spiro atoms. The minimum atomic E-state index is -3.67. The molecule has 0 aromatic heterocycles. The van der Waals surface area contributed by atoms with E-state index >= 15 is 0 Å². The molecule has 25 heavy (non-hydrogen) atoms. The SMILES string of the molecule is CN(C(=O)c1ccc(S(=O)(=O)NC(C)(C)C)cc1)C1CCS(=O)(=O)C1. The summed E-state index contributed by atoms with van der Waals surface area (Å²) in [5.41, 5.74) is -0.289. The molecule has 1 N–H and O–H groups in total. The zero-order valence-corrected chi connectivity index (χ0v) is 16.4. The van der Waals surface area contributed by atoms with E-state index in [0.29, 0.717) is 12.0 Å². The van der Waals surface area contributed by atoms with Crippen LogP contribution in [0.1, 0.15) is 37.6 Å². The fourth-order valence-electron chi connectivity index (χ4n) is 2.69. The Morgan fingerprint density at radius 1 is 1.20 bits per heavy atom. The molecule has 140 valence electrons. The first kappa shape index (κ1) is 19.9. The Morgan fingerprint density at radius 2 is 1.76 bits per heavy atom. The van der Waals surface area contributed by atoms with Gasteiger partial charge in [0.2, 0.25) is 10.0 Å². The number of benzene rings is 1. The molecule has 0 radical (unpaired) electrons. The van der Waals surface area contributed by atoms with E-state index in [2.05, 4.69) is 4.72 Å². The van der Waals surface area contributed by atoms with Crippen LogP contribution in [0, 0.1) is 0 Å². The third-order valence-electron chi connectivity index (χ3n) is 3.93. The minimum Gasteiger partial charge on any atom is -0.338 e. The van der Waals surface area contributed by atoms with Gasteiger partial charge in [0.1, 0.15) is 0 Å². The minimum absolute atomic E-state index is 0.0306. The van der Waals surface area contributed by atoms with Crippen LogP contribution in [-0.4, -0.2) is 57.8 Å². The van der Waals surface area contributed by atoms with Crippen molar-refractivity contribution >= 4 is 25.8 Å². The quantitative estimate of drug-likeness (QED) is 0.830. The molecule has 9 heteroatoms. The molecule has 1 aliphatic rings. The van der Waals surface area contributed by atoms with E-state index in [1.807, 2.05) is 0 Å². The molecule has 0 bridgehead atoms. The second-order valence-corrected chi connectivity index (χ2v) is 11.3. The molecule has 1 heterocycles. The molecule has 1 unspecified atom stereocenters. The zero-order valence-electron chi connectivity index (χ0n) is 14.8. The molecule has 1 atom stereocenters. The summed E-state index contributed by atoms with van der Waals surface area (Å²) in [7, 11) is -5.18. The van der Waals surface area contributed by atoms with Crippen molar-refractivity contribution in [3.8, 4) is 0 Å². The van der Waals surface area contributed by atoms with E-state index < -0.39 is 25.4 Å². The van der Waals surface area contributed by atoms with Crippen molar-refractivity contribution in [3.05, 3.63) is 29.8 Å². The first-order valence-corrected chi connectivity index (χ1v) is 11.2. The highest BCUT2D eigenvalue weighted by molar-refractivity contribution is 7.91. The summed E-state index contributed by atoms with van der Waals surface area (Å²) < 4.78 is 50.2. The van der Waals surface area contributed by atoms with Gasteiger partial charge >= 0.3 is 0 Å². The predicted octanol–water partition coefficient (Wildman–Crippen LogP) is 1.02. The highest BCUT2D eigenvalue weighted by atomic mass is 32.2. The number of carbonyl (C=O) groups excluding carboxylic acids is 1. The van der Waals surface area contributed by atoms with Gasteiger partial charge in [0.15, 0.2) is 9.84 Å². The third-order valence-corrected chi connectivity index (χ3v) is 7.45. The van der Waals surface area contributed by atoms with Gasteiger partial charge in [-0.1, -0.05) is 0 Å². The van der Waals surface area contributed by atoms with Crippen LogP contribution in [0.25, 0.3) is 0 Å². The van der Waals surface area contributed by atoms with Crippen LogP contribution >= 0.6 is 0 Å². The Morgan fingerprint density at radius 3 is 2.20 bits per heavy atom. The van der Waals surface area contributed by atoms with E-state index in [0.717, 1.165) is 0 Å². The maximum Gasteiger partial charge on any atom is 0.253 e. The summed E-state index contributed by atoms with van der Waals surface area (Å²) in [6.45, 7) is 5.23. The van der Waals surface area contributed by atoms with E-state index in [4.69, 9.17) is 0 Å². The van der Waals surface area contributed by atoms with Crippen LogP contribution < -0.4 is 4.72 Å². The van der Waals surface area contributed by atoms with Crippen LogP contribution in [0.2, 0.25) is 0 Å². The fourth-order valence-corrected chi connectivity index (χ4v) is 5.88. The van der Waals surface area contributed by atoms with Gasteiger partial charge in [0.25, 0.3) is 5.91 Å². The van der Waals surface area contributed by atoms with Gasteiger partial charge in [0.05, 0.1) is 16.4 Å². The van der Waals surface area contributed by atoms with Crippen molar-refractivity contribution in [3.63, 3.8) is 0 Å². The molecule has 0 aliphatic carbocycles. The van der Waals surface area contributed by atoms with Crippen LogP contribution in [0.3, 0.4) is 0 Å². The van der Waals surface area contributed by atoms with E-state index in [-0.39, 0.29) is 28.4 Å². The topological polar surface area (TPSA) is 101 Å². The van der Waals surface area contributed by atoms with E-state index in [9.17, 15) is 21.6 Å². The number of hydrogen-bond donors (Lipinski definition) is 1. The number of hydrogen-bond acceptors (Lipinski definition) is 5. The predicted molar refractivity (Wildman–Crippen MR) is 95.7 cm³/mol. The number of sulfone groups is 1. The number of amides is 1. The molecule has 1 amide bonds. The Balaban J connectivity index is 2.15. The normalized spacial score (nSPS) is 20.4. The molecular formula is C16H24N2O5S2. The molecule has 1 aromatic carbocycles. The molecular weight excluding hydrogens is 364 g/mol. The van der Waals surface area contributed by atoms with Gasteiger partial charge in [-0.25, -0.2) is 21.6 Å². The average Bonchev–Trinajstić information content (AvgIpc) is 2.83. The monoisotopic (exact) mass is 388 g/mol. The first-order valence-electron chi connectivity index (χ1n) is 7.92. The van der Waals surface area contributed by atoms with Crippen LogP contribution in [0.15, 0.2) is 29.2 Å². The van der Waals surface area contributed by atoms with Crippen LogP contribution in [-0.2, 0) is 19.9 Å². The van der Waals surface area contributed by atoms with Crippen molar-refractivity contribution in [1.29, 1.82) is 0 Å². The summed E-state index contributed by atoms with van der Waals surface area (Å²) in [4.78, 5) is 14.0. The fraction of sp³-hybridized carbons (Fsp3) is 0.562. The Labute approximate surface area is 149 Å². The molecule has 1 aliphatic heterocycles. The lowest BCUT2D eigenvalue weighted by Gasteiger charge is -2.23. The van der Waals surface area contributed by atoms with Gasteiger partial charge in [-0.05, 0) is 51.5 Å². The van der Waals surface area contributed by atoms with Gasteiger partial charge in [0, 0.05) is 24.2 Å². The van der Waals surface area contributed by atoms with Gasteiger partial charge in [-0.15, -0.1) is 0 Å². The van der Waals surface area contributed by atoms with Crippen LogP contribution in [0.4, 0.5) is 0 Å². The third kappa shape index (κ3) is 5.02. The highest BCUT2D eigenvalue weighted by Gasteiger charge is 2.33. The summed E-state index contributed by atoms with van der Waals surface area (Å²) >= 11 is 0. The molecule has 1 aromatic rings. The van der Waals surface area contributed by atoms with Crippen molar-refractivity contribution in [2.45, 2.75) is 43.7 Å². The van der Waals surface area contributed by atoms with E-state index in [1.165, 1.54) is 29.2 Å². The Bertz CT molecular complexity index is 853. The zero-order chi connectivity index (χ0) is 19.0. The number of rotatable bonds is 4. The maximum absolute atomic E-state index is 12.5. The van der Waals surface area contributed by atoms with Crippen molar-refractivity contribution in [2.75, 3.05) is 18.6 Å². The van der Waals surface area contributed by atoms with Crippen molar-refractivity contribution in [2.24, 2.45) is 0 Å². The smallest absolute Gasteiger partial charge is 0.253 e. The second kappa shape index (κ2) is 6.69. The Kier molecular flexibility index (Phi) is 5.32. The lowest BCUT2D eigenvalue weighted by atomic mass is 10.1. The molecule has 2 rings (SSSR count). The number of nitrogens with one attached hydrogen (secondary N) is 1. The van der Waals surface area contributed by atoms with Crippen molar-refractivity contribution < 1.29 is 21.6 Å². The lowest BCUT2D eigenvalue weighted by Crippen LogP contribution is -2.40. The Hall–Kier alpha value is -1.45. The van der Waals surface area contributed by atoms with Crippen molar-refractivity contribution in [1.82, 2.24) is 9.62 Å². The van der Waals surface area contributed by atoms with Gasteiger partial charge < -0.3 is 4.90 Å². The summed E-state index contributed by atoms with van der Waals surface area (Å²) in [5.74, 6) is -0.267. The average molecular weight is 389 g/mol. The highest BCUT2D eigenvalue weighted by Crippen LogP contribution is 2.20. The van der Waals surface area contributed by atoms with Gasteiger partial charge in [-0.3, -0.25) is 4.79 Å². The molecule has 1 saturated heterocycles. The first-order chi connectivity index (χ1) is 11.3. The summed E-state index contributed by atoms with van der Waals surface area (Å²) in [6.07, 6.45) is 0.423. The lowest BCUT2D eigenvalue weighted by molar-refractivity contribution is 0.0747. The standard InChI is InChI=1S/C16H24N2O5S2/c1-16(2,3)17-25(22,23)14-7-5-12(6-8-14)15(19)18(4)13-9-10-24(20,21)11-13/h5-8,13,17H,9-11H2,1-4H3. The molecule has 7 nitrogen and oxygen atoms in total. The second-order valence-electron chi connectivity index (χ2n) is 7.35. The van der Waals surface area contributed by atoms with E-state index in [1.54, 1.807) is 27.8 Å². The van der Waals surface area contributed by atoms with Crippen LogP contribution in [0.5, 0.6) is 0 Å². The van der Waals surface area contributed by atoms with Gasteiger partial charge in [-0.2, -0.15) is 0 Å². The maximum atomic E-state index is 12.5. The number of carbonyl (C=O) groups is 1. The number of nitrogens with zero attached hydrogens (tertiary/aromatic N) is 1. The summed E-state index contributed by atoms with van der Waals surface area (Å²) in [5, 5.41) is 0. The summed E-state index contributed by atoms with van der Waals surface area (Å²) in [6, 6.07) is 5.29. The number of sulfonamides is 1.